The number of esters is 2. The van der Waals surface area contributed by atoms with Crippen molar-refractivity contribution in [3.63, 3.8) is 0 Å². The van der Waals surface area contributed by atoms with Crippen molar-refractivity contribution in [1.82, 2.24) is 0 Å². The van der Waals surface area contributed by atoms with Gasteiger partial charge in [-0.2, -0.15) is 0 Å². The topological polar surface area (TPSA) is 69.7 Å². The predicted octanol–water partition coefficient (Wildman–Crippen LogP) is 4.77. The highest BCUT2D eigenvalue weighted by molar-refractivity contribution is 6.09. The van der Waals surface area contributed by atoms with E-state index in [-0.39, 0.29) is 29.6 Å². The Kier molecular flexibility index (Phi) is 5.72. The van der Waals surface area contributed by atoms with Crippen LogP contribution in [0.5, 0.6) is 0 Å². The van der Waals surface area contributed by atoms with Gasteiger partial charge in [0.25, 0.3) is 0 Å². The number of ketones is 1. The van der Waals surface area contributed by atoms with Crippen LogP contribution in [0, 0.1) is 17.8 Å². The molecule has 1 fully saturated rings. The Bertz CT molecular complexity index is 1150. The number of allylic oxidation sites excluding steroid dienone is 1. The molecule has 0 spiro atoms. The average Bonchev–Trinajstić information content (AvgIpc) is 3.24. The van der Waals surface area contributed by atoms with Gasteiger partial charge in [0.15, 0.2) is 5.78 Å². The molecule has 5 unspecified atom stereocenters. The number of fused-ring (bicyclic) bond motifs is 3. The Balaban J connectivity index is 1.52. The maximum Gasteiger partial charge on any atom is 0.318 e. The average molecular weight is 457 g/mol. The Labute approximate surface area is 199 Å². The van der Waals surface area contributed by atoms with Crippen molar-refractivity contribution >= 4 is 17.7 Å². The highest BCUT2D eigenvalue weighted by Gasteiger charge is 2.55. The van der Waals surface area contributed by atoms with E-state index in [9.17, 15) is 14.4 Å². The highest BCUT2D eigenvalue weighted by atomic mass is 16.6. The van der Waals surface area contributed by atoms with E-state index >= 15 is 0 Å². The van der Waals surface area contributed by atoms with Crippen LogP contribution in [0.3, 0.4) is 0 Å². The largest absolute Gasteiger partial charge is 0.461 e. The molecule has 2 aliphatic carbocycles. The second-order valence-electron chi connectivity index (χ2n) is 9.63. The first-order valence-corrected chi connectivity index (χ1v) is 11.8. The van der Waals surface area contributed by atoms with Crippen molar-refractivity contribution in [3.05, 3.63) is 94.6 Å². The van der Waals surface area contributed by atoms with Gasteiger partial charge in [0, 0.05) is 23.8 Å². The van der Waals surface area contributed by atoms with Crippen LogP contribution in [0.25, 0.3) is 0 Å². The predicted molar refractivity (Wildman–Crippen MR) is 127 cm³/mol. The summed E-state index contributed by atoms with van der Waals surface area (Å²) >= 11 is 0. The van der Waals surface area contributed by atoms with Gasteiger partial charge >= 0.3 is 11.9 Å². The number of rotatable bonds is 4. The second-order valence-corrected chi connectivity index (χ2v) is 9.63. The minimum atomic E-state index is -0.590. The lowest BCUT2D eigenvalue weighted by Gasteiger charge is -2.30. The highest BCUT2D eigenvalue weighted by Crippen LogP contribution is 2.48. The smallest absolute Gasteiger partial charge is 0.318 e. The quantitative estimate of drug-likeness (QED) is 0.620. The van der Waals surface area contributed by atoms with Gasteiger partial charge in [-0.15, -0.1) is 0 Å². The van der Waals surface area contributed by atoms with E-state index < -0.39 is 24.0 Å². The second kappa shape index (κ2) is 8.71. The summed E-state index contributed by atoms with van der Waals surface area (Å²) in [5, 5.41) is 0. The Morgan fingerprint density at radius 1 is 0.971 bits per heavy atom. The van der Waals surface area contributed by atoms with Crippen LogP contribution in [0.1, 0.15) is 44.2 Å². The Morgan fingerprint density at radius 2 is 1.56 bits per heavy atom. The summed E-state index contributed by atoms with van der Waals surface area (Å²) < 4.78 is 12.1. The first kappa shape index (κ1) is 22.3. The molecular formula is C29H28O5. The SMILES string of the molecule is CC1=CC(=O)C2=C(C)CC(OC(=O)C(c3ccccc3)c3ccccc3)C3C(C)C(=O)OC3C12. The molecule has 174 valence electrons. The van der Waals surface area contributed by atoms with Crippen molar-refractivity contribution in [3.8, 4) is 0 Å². The molecule has 2 aromatic carbocycles. The summed E-state index contributed by atoms with van der Waals surface area (Å²) in [6.45, 7) is 5.66. The Morgan fingerprint density at radius 3 is 2.15 bits per heavy atom. The van der Waals surface area contributed by atoms with Gasteiger partial charge in [-0.05, 0) is 31.1 Å². The molecule has 5 atom stereocenters. The van der Waals surface area contributed by atoms with E-state index in [0.717, 1.165) is 22.3 Å². The fraction of sp³-hybridized carbons (Fsp3) is 0.345. The summed E-state index contributed by atoms with van der Waals surface area (Å²) in [6.07, 6.45) is 0.975. The van der Waals surface area contributed by atoms with Crippen molar-refractivity contribution in [2.24, 2.45) is 17.8 Å². The third-order valence-electron chi connectivity index (χ3n) is 7.50. The summed E-state index contributed by atoms with van der Waals surface area (Å²) in [5.74, 6) is -2.31. The van der Waals surface area contributed by atoms with Crippen LogP contribution in [-0.4, -0.2) is 29.9 Å². The number of hydrogen-bond donors (Lipinski definition) is 0. The first-order chi connectivity index (χ1) is 16.4. The van der Waals surface area contributed by atoms with Gasteiger partial charge in [0.05, 0.1) is 5.92 Å². The molecule has 5 rings (SSSR count). The van der Waals surface area contributed by atoms with Crippen molar-refractivity contribution < 1.29 is 23.9 Å². The lowest BCUT2D eigenvalue weighted by Crippen LogP contribution is -2.38. The van der Waals surface area contributed by atoms with Crippen LogP contribution in [0.15, 0.2) is 83.5 Å². The van der Waals surface area contributed by atoms with Gasteiger partial charge in [-0.1, -0.05) is 78.7 Å². The van der Waals surface area contributed by atoms with E-state index in [2.05, 4.69) is 0 Å². The van der Waals surface area contributed by atoms with Crippen molar-refractivity contribution in [1.29, 1.82) is 0 Å². The van der Waals surface area contributed by atoms with E-state index in [1.807, 2.05) is 81.4 Å². The summed E-state index contributed by atoms with van der Waals surface area (Å²) in [7, 11) is 0. The molecule has 1 heterocycles. The molecule has 0 amide bonds. The van der Waals surface area contributed by atoms with Gasteiger partial charge in [0.1, 0.15) is 18.1 Å². The monoisotopic (exact) mass is 456 g/mol. The van der Waals surface area contributed by atoms with Crippen LogP contribution in [-0.2, 0) is 23.9 Å². The van der Waals surface area contributed by atoms with Gasteiger partial charge in [-0.25, -0.2) is 0 Å². The molecular weight excluding hydrogens is 428 g/mol. The molecule has 5 nitrogen and oxygen atoms in total. The van der Waals surface area contributed by atoms with E-state index in [4.69, 9.17) is 9.47 Å². The number of carbonyl (C=O) groups excluding carboxylic acids is 3. The molecule has 0 aromatic heterocycles. The minimum absolute atomic E-state index is 0.0345. The number of benzene rings is 2. The van der Waals surface area contributed by atoms with E-state index in [1.54, 1.807) is 6.08 Å². The molecule has 5 heteroatoms. The third-order valence-corrected chi connectivity index (χ3v) is 7.50. The van der Waals surface area contributed by atoms with Crippen LogP contribution in [0.4, 0.5) is 0 Å². The van der Waals surface area contributed by atoms with Gasteiger partial charge in [0.2, 0.25) is 0 Å². The maximum absolute atomic E-state index is 13.7. The van der Waals surface area contributed by atoms with E-state index in [0.29, 0.717) is 12.0 Å². The number of hydrogen-bond acceptors (Lipinski definition) is 5. The molecule has 1 aliphatic heterocycles. The number of carbonyl (C=O) groups is 3. The fourth-order valence-electron chi connectivity index (χ4n) is 5.88. The molecule has 0 saturated carbocycles. The summed E-state index contributed by atoms with van der Waals surface area (Å²) in [4.78, 5) is 39.1. The fourth-order valence-corrected chi connectivity index (χ4v) is 5.88. The molecule has 34 heavy (non-hydrogen) atoms. The van der Waals surface area contributed by atoms with Gasteiger partial charge in [-0.3, -0.25) is 14.4 Å². The molecule has 2 aromatic rings. The summed E-state index contributed by atoms with van der Waals surface area (Å²) in [5.41, 5.74) is 4.17. The molecule has 0 radical (unpaired) electrons. The zero-order valence-electron chi connectivity index (χ0n) is 19.6. The normalized spacial score (nSPS) is 28.2. The number of ether oxygens (including phenoxy) is 2. The Hall–Kier alpha value is -3.47. The van der Waals surface area contributed by atoms with Crippen molar-refractivity contribution in [2.75, 3.05) is 0 Å². The standard InChI is InChI=1S/C29H28O5/c1-16-14-21(30)23-17(2)15-22(25-18(3)28(31)34-27(25)24(16)23)33-29(32)26(19-10-6-4-7-11-19)20-12-8-5-9-13-20/h4-14,18,22,24-27H,15H2,1-3H3. The van der Waals surface area contributed by atoms with Crippen molar-refractivity contribution in [2.45, 2.75) is 45.3 Å². The zero-order chi connectivity index (χ0) is 24.0. The zero-order valence-corrected chi connectivity index (χ0v) is 19.6. The first-order valence-electron chi connectivity index (χ1n) is 11.8. The maximum atomic E-state index is 13.7. The minimum Gasteiger partial charge on any atom is -0.461 e. The van der Waals surface area contributed by atoms with E-state index in [1.165, 1.54) is 0 Å². The molecule has 1 saturated heterocycles. The van der Waals surface area contributed by atoms with Crippen LogP contribution >= 0.6 is 0 Å². The molecule has 0 bridgehead atoms. The molecule has 0 N–H and O–H groups in total. The molecule has 3 aliphatic rings. The van der Waals surface area contributed by atoms with Crippen LogP contribution in [0.2, 0.25) is 0 Å². The third kappa shape index (κ3) is 3.69. The van der Waals surface area contributed by atoms with Crippen LogP contribution < -0.4 is 0 Å². The van der Waals surface area contributed by atoms with Gasteiger partial charge < -0.3 is 9.47 Å². The lowest BCUT2D eigenvalue weighted by atomic mass is 9.79. The lowest BCUT2D eigenvalue weighted by molar-refractivity contribution is -0.154. The summed E-state index contributed by atoms with van der Waals surface area (Å²) in [6, 6.07) is 19.1.